The van der Waals surface area contributed by atoms with Crippen molar-refractivity contribution in [2.45, 2.75) is 57.3 Å². The van der Waals surface area contributed by atoms with E-state index in [0.29, 0.717) is 6.42 Å². The summed E-state index contributed by atoms with van der Waals surface area (Å²) in [6, 6.07) is -1.20. The summed E-state index contributed by atoms with van der Waals surface area (Å²) in [7, 11) is 0. The molecule has 6 nitrogen and oxygen atoms in total. The van der Waals surface area contributed by atoms with Crippen molar-refractivity contribution in [3.63, 3.8) is 0 Å². The lowest BCUT2D eigenvalue weighted by Gasteiger charge is -2.17. The number of nitrogens with zero attached hydrogens (tertiary/aromatic N) is 1. The average molecular weight is 235 g/mol. The molecule has 6 heteroatoms. The van der Waals surface area contributed by atoms with Crippen LogP contribution < -0.4 is 0 Å². The molecule has 96 valence electrons. The Morgan fingerprint density at radius 1 is 1.31 bits per heavy atom. The van der Waals surface area contributed by atoms with Crippen LogP contribution in [-0.2, 0) is 0 Å². The molecule has 3 atom stereocenters. The molecule has 0 rings (SSSR count). The number of aliphatic hydroxyl groups excluding tert-OH is 3. The van der Waals surface area contributed by atoms with Gasteiger partial charge in [0.25, 0.3) is 0 Å². The van der Waals surface area contributed by atoms with E-state index in [9.17, 15) is 15.2 Å². The first kappa shape index (κ1) is 15.3. The third-order valence-electron chi connectivity index (χ3n) is 2.54. The van der Waals surface area contributed by atoms with Gasteiger partial charge in [-0.05, 0) is 6.42 Å². The predicted molar refractivity (Wildman–Crippen MR) is 58.6 cm³/mol. The SMILES string of the molecule is CCCCC[C@H](O)[C@@H](CC(O)CO)[N+](=O)[O-]. The quantitative estimate of drug-likeness (QED) is 0.303. The Bertz CT molecular complexity index is 200. The molecule has 0 aromatic carbocycles. The maximum absolute atomic E-state index is 10.7. The van der Waals surface area contributed by atoms with Gasteiger partial charge in [0.05, 0.1) is 12.7 Å². The maximum atomic E-state index is 10.7. The number of hydrogen-bond donors (Lipinski definition) is 3. The van der Waals surface area contributed by atoms with E-state index in [1.165, 1.54) is 0 Å². The molecule has 0 heterocycles. The summed E-state index contributed by atoms with van der Waals surface area (Å²) in [5, 5.41) is 38.0. The fraction of sp³-hybridized carbons (Fsp3) is 1.00. The van der Waals surface area contributed by atoms with Crippen LogP contribution in [0.5, 0.6) is 0 Å². The van der Waals surface area contributed by atoms with Crippen LogP contribution in [0, 0.1) is 10.1 Å². The number of aliphatic hydroxyl groups is 3. The Labute approximate surface area is 95.1 Å². The maximum Gasteiger partial charge on any atom is 0.241 e. The Balaban J connectivity index is 4.13. The van der Waals surface area contributed by atoms with E-state index in [4.69, 9.17) is 10.2 Å². The predicted octanol–water partition coefficient (Wildman–Crippen LogP) is 0.316. The molecular formula is C10H21NO5. The summed E-state index contributed by atoms with van der Waals surface area (Å²) in [6.07, 6.45) is 0.587. The number of unbranched alkanes of at least 4 members (excludes halogenated alkanes) is 2. The standard InChI is InChI=1S/C10H21NO5/c1-2-3-4-5-10(14)9(11(15)16)6-8(13)7-12/h8-10,12-14H,2-7H2,1H3/t8?,9-,10+/m1/s1. The second-order valence-corrected chi connectivity index (χ2v) is 3.99. The lowest BCUT2D eigenvalue weighted by atomic mass is 9.99. The van der Waals surface area contributed by atoms with Gasteiger partial charge < -0.3 is 15.3 Å². The second-order valence-electron chi connectivity index (χ2n) is 3.99. The van der Waals surface area contributed by atoms with E-state index < -0.39 is 29.8 Å². The molecule has 0 saturated heterocycles. The van der Waals surface area contributed by atoms with Crippen molar-refractivity contribution < 1.29 is 20.2 Å². The van der Waals surface area contributed by atoms with Gasteiger partial charge in [-0.25, -0.2) is 0 Å². The molecule has 1 unspecified atom stereocenters. The molecule has 0 saturated carbocycles. The minimum Gasteiger partial charge on any atom is -0.394 e. The Morgan fingerprint density at radius 3 is 2.38 bits per heavy atom. The van der Waals surface area contributed by atoms with E-state index in [1.54, 1.807) is 0 Å². The van der Waals surface area contributed by atoms with E-state index in [2.05, 4.69) is 0 Å². The fourth-order valence-corrected chi connectivity index (χ4v) is 1.53. The van der Waals surface area contributed by atoms with Crippen molar-refractivity contribution in [3.8, 4) is 0 Å². The van der Waals surface area contributed by atoms with Crippen molar-refractivity contribution in [2.24, 2.45) is 0 Å². The van der Waals surface area contributed by atoms with Crippen molar-refractivity contribution in [1.29, 1.82) is 0 Å². The first-order chi connectivity index (χ1) is 7.52. The molecule has 0 fully saturated rings. The van der Waals surface area contributed by atoms with Gasteiger partial charge in [-0.2, -0.15) is 0 Å². The van der Waals surface area contributed by atoms with Crippen molar-refractivity contribution in [1.82, 2.24) is 0 Å². The van der Waals surface area contributed by atoms with Gasteiger partial charge in [-0.1, -0.05) is 26.2 Å². The van der Waals surface area contributed by atoms with Crippen LogP contribution in [0.1, 0.15) is 39.0 Å². The molecule has 0 aliphatic heterocycles. The van der Waals surface area contributed by atoms with Crippen LogP contribution in [0.3, 0.4) is 0 Å². The summed E-state index contributed by atoms with van der Waals surface area (Å²) in [5.41, 5.74) is 0. The molecule has 16 heavy (non-hydrogen) atoms. The summed E-state index contributed by atoms with van der Waals surface area (Å²) < 4.78 is 0. The van der Waals surface area contributed by atoms with Crippen LogP contribution in [0.25, 0.3) is 0 Å². The highest BCUT2D eigenvalue weighted by Crippen LogP contribution is 2.13. The second kappa shape index (κ2) is 8.43. The van der Waals surface area contributed by atoms with E-state index in [1.807, 2.05) is 6.92 Å². The Kier molecular flexibility index (Phi) is 8.05. The molecule has 0 aromatic rings. The molecule has 0 aliphatic carbocycles. The zero-order chi connectivity index (χ0) is 12.6. The van der Waals surface area contributed by atoms with Gasteiger partial charge in [-0.3, -0.25) is 10.1 Å². The average Bonchev–Trinajstić information content (AvgIpc) is 2.25. The Hall–Kier alpha value is -0.720. The molecule has 3 N–H and O–H groups in total. The summed E-state index contributed by atoms with van der Waals surface area (Å²) in [6.45, 7) is 1.49. The lowest BCUT2D eigenvalue weighted by molar-refractivity contribution is -0.537. The van der Waals surface area contributed by atoms with Crippen LogP contribution in [0.4, 0.5) is 0 Å². The molecular weight excluding hydrogens is 214 g/mol. The lowest BCUT2D eigenvalue weighted by Crippen LogP contribution is -2.37. The Morgan fingerprint density at radius 2 is 1.94 bits per heavy atom. The van der Waals surface area contributed by atoms with Gasteiger partial charge in [0.2, 0.25) is 6.04 Å². The minimum absolute atomic E-state index is 0.212. The van der Waals surface area contributed by atoms with Crippen molar-refractivity contribution >= 4 is 0 Å². The highest BCUT2D eigenvalue weighted by atomic mass is 16.6. The topological polar surface area (TPSA) is 104 Å². The summed E-state index contributed by atoms with van der Waals surface area (Å²) >= 11 is 0. The monoisotopic (exact) mass is 235 g/mol. The molecule has 0 aromatic heterocycles. The van der Waals surface area contributed by atoms with Gasteiger partial charge in [-0.15, -0.1) is 0 Å². The first-order valence-corrected chi connectivity index (χ1v) is 5.63. The van der Waals surface area contributed by atoms with Gasteiger partial charge in [0, 0.05) is 11.3 Å². The molecule has 0 bridgehead atoms. The highest BCUT2D eigenvalue weighted by Gasteiger charge is 2.31. The first-order valence-electron chi connectivity index (χ1n) is 5.63. The van der Waals surface area contributed by atoms with Crippen LogP contribution in [-0.4, -0.2) is 45.1 Å². The number of nitro groups is 1. The van der Waals surface area contributed by atoms with Crippen LogP contribution in [0.2, 0.25) is 0 Å². The summed E-state index contributed by atoms with van der Waals surface area (Å²) in [5.74, 6) is 0. The van der Waals surface area contributed by atoms with Crippen molar-refractivity contribution in [3.05, 3.63) is 10.1 Å². The number of rotatable bonds is 9. The largest absolute Gasteiger partial charge is 0.394 e. The van der Waals surface area contributed by atoms with Gasteiger partial charge >= 0.3 is 0 Å². The third kappa shape index (κ3) is 5.99. The molecule has 0 spiro atoms. The van der Waals surface area contributed by atoms with E-state index >= 15 is 0 Å². The van der Waals surface area contributed by atoms with Crippen LogP contribution >= 0.6 is 0 Å². The molecule has 0 radical (unpaired) electrons. The van der Waals surface area contributed by atoms with Crippen LogP contribution in [0.15, 0.2) is 0 Å². The molecule has 0 aliphatic rings. The highest BCUT2D eigenvalue weighted by molar-refractivity contribution is 4.72. The summed E-state index contributed by atoms with van der Waals surface area (Å²) in [4.78, 5) is 10.1. The zero-order valence-corrected chi connectivity index (χ0v) is 9.58. The third-order valence-corrected chi connectivity index (χ3v) is 2.54. The van der Waals surface area contributed by atoms with E-state index in [0.717, 1.165) is 19.3 Å². The zero-order valence-electron chi connectivity index (χ0n) is 9.58. The normalized spacial score (nSPS) is 16.8. The fourth-order valence-electron chi connectivity index (χ4n) is 1.53. The van der Waals surface area contributed by atoms with Gasteiger partial charge in [0.15, 0.2) is 0 Å². The van der Waals surface area contributed by atoms with Crippen molar-refractivity contribution in [2.75, 3.05) is 6.61 Å². The smallest absolute Gasteiger partial charge is 0.241 e. The van der Waals surface area contributed by atoms with E-state index in [-0.39, 0.29) is 6.42 Å². The minimum atomic E-state index is -1.20. The molecule has 0 amide bonds. The number of hydrogen-bond acceptors (Lipinski definition) is 5. The van der Waals surface area contributed by atoms with Gasteiger partial charge in [0.1, 0.15) is 6.10 Å².